The Labute approximate surface area is 218 Å². The van der Waals surface area contributed by atoms with E-state index in [9.17, 15) is 9.59 Å². The highest BCUT2D eigenvalue weighted by Crippen LogP contribution is 2.41. The smallest absolute Gasteiger partial charge is 0.356 e. The van der Waals surface area contributed by atoms with Gasteiger partial charge in [-0.3, -0.25) is 14.7 Å². The summed E-state index contributed by atoms with van der Waals surface area (Å²) in [5.41, 5.74) is 9.95. The molecule has 182 valence electrons. The first-order valence-electron chi connectivity index (χ1n) is 11.5. The predicted octanol–water partition coefficient (Wildman–Crippen LogP) is 4.61. The number of nitrogens with two attached hydrogens (primary N) is 1. The van der Waals surface area contributed by atoms with Gasteiger partial charge in [-0.2, -0.15) is 0 Å². The van der Waals surface area contributed by atoms with Crippen LogP contribution >= 0.6 is 23.5 Å². The second-order valence-electron chi connectivity index (χ2n) is 8.39. The van der Waals surface area contributed by atoms with Crippen molar-refractivity contribution in [2.75, 3.05) is 11.5 Å². The fraction of sp³-hybridized carbons (Fsp3) is 0.179. The number of hydrogen-bond acceptors (Lipinski definition) is 7. The molecule has 2 aromatic carbocycles. The van der Waals surface area contributed by atoms with E-state index in [0.717, 1.165) is 22.3 Å². The fourth-order valence-corrected chi connectivity index (χ4v) is 6.39. The zero-order chi connectivity index (χ0) is 24.9. The van der Waals surface area contributed by atoms with Crippen molar-refractivity contribution < 1.29 is 14.3 Å². The second kappa shape index (κ2) is 11.2. The first-order chi connectivity index (χ1) is 17.6. The Bertz CT molecular complexity index is 1240. The number of pyridine rings is 1. The molecule has 0 aliphatic carbocycles. The maximum atomic E-state index is 13.7. The summed E-state index contributed by atoms with van der Waals surface area (Å²) in [7, 11) is 0. The van der Waals surface area contributed by atoms with Crippen LogP contribution in [0.2, 0.25) is 0 Å². The molecule has 0 radical (unpaired) electrons. The Morgan fingerprint density at radius 1 is 1.11 bits per heavy atom. The number of benzene rings is 2. The van der Waals surface area contributed by atoms with E-state index in [1.807, 2.05) is 84.3 Å². The van der Waals surface area contributed by atoms with Crippen LogP contribution in [0.1, 0.15) is 22.8 Å². The van der Waals surface area contributed by atoms with Gasteiger partial charge in [-0.05, 0) is 39.8 Å². The van der Waals surface area contributed by atoms with Gasteiger partial charge >= 0.3 is 5.97 Å². The van der Waals surface area contributed by atoms with E-state index in [1.54, 1.807) is 35.9 Å². The Morgan fingerprint density at radius 3 is 2.44 bits per heavy atom. The molecule has 2 N–H and O–H groups in total. The molecule has 2 aliphatic rings. The van der Waals surface area contributed by atoms with Crippen LogP contribution in [-0.4, -0.2) is 44.7 Å². The molecule has 1 aromatic heterocycles. The first kappa shape index (κ1) is 24.4. The average Bonchev–Trinajstić information content (AvgIpc) is 2.94. The molecule has 1 saturated heterocycles. The summed E-state index contributed by atoms with van der Waals surface area (Å²) in [5, 5.41) is 1.73. The lowest BCUT2D eigenvalue weighted by atomic mass is 10.0. The number of amides is 1. The molecular formula is C28H25N3O3S2. The van der Waals surface area contributed by atoms with Crippen molar-refractivity contribution in [3.8, 4) is 0 Å². The van der Waals surface area contributed by atoms with Crippen molar-refractivity contribution >= 4 is 41.5 Å². The number of thioether (sulfide) groups is 2. The number of carbonyl (C=O) groups is 2. The number of nitrogens with zero attached hydrogens (tertiary/aromatic N) is 2. The number of aromatic nitrogens is 1. The number of hydrogen-bond donors (Lipinski definition) is 1. The van der Waals surface area contributed by atoms with Crippen molar-refractivity contribution in [1.82, 2.24) is 9.88 Å². The standard InChI is InChI=1S/C28H25N3O3S2/c29-23-26(32)31-24(22(18-36-27(23)31)17-35-15-13-19-8-7-14-30-16-19)28(33)34-25(20-9-3-1-4-10-20)21-11-5-2-6-12-21/h1-16,23,25,27H,17-18,29H2/b15-13-/t23-,27-/m1/s1. The zero-order valence-electron chi connectivity index (χ0n) is 19.4. The highest BCUT2D eigenvalue weighted by Gasteiger charge is 2.52. The van der Waals surface area contributed by atoms with Crippen LogP contribution < -0.4 is 5.73 Å². The molecule has 0 unspecified atom stereocenters. The molecule has 0 spiro atoms. The molecule has 3 aromatic rings. The summed E-state index contributed by atoms with van der Waals surface area (Å²) in [6.45, 7) is 0. The molecule has 0 bridgehead atoms. The molecule has 1 fully saturated rings. The van der Waals surface area contributed by atoms with Crippen molar-refractivity contribution in [3.63, 3.8) is 0 Å². The van der Waals surface area contributed by atoms with Gasteiger partial charge in [-0.25, -0.2) is 4.79 Å². The van der Waals surface area contributed by atoms with Gasteiger partial charge in [0, 0.05) is 23.9 Å². The molecule has 8 heteroatoms. The van der Waals surface area contributed by atoms with E-state index in [0.29, 0.717) is 17.2 Å². The topological polar surface area (TPSA) is 85.5 Å². The van der Waals surface area contributed by atoms with Gasteiger partial charge < -0.3 is 10.5 Å². The molecular weight excluding hydrogens is 490 g/mol. The quantitative estimate of drug-likeness (QED) is 0.346. The van der Waals surface area contributed by atoms with E-state index in [-0.39, 0.29) is 11.3 Å². The van der Waals surface area contributed by atoms with Gasteiger partial charge in [0.25, 0.3) is 0 Å². The Hall–Kier alpha value is -3.33. The van der Waals surface area contributed by atoms with Gasteiger partial charge in [0.05, 0.1) is 0 Å². The summed E-state index contributed by atoms with van der Waals surface area (Å²) < 4.78 is 6.13. The molecule has 2 atom stereocenters. The van der Waals surface area contributed by atoms with Gasteiger partial charge in [-0.1, -0.05) is 66.7 Å². The van der Waals surface area contributed by atoms with Gasteiger partial charge in [0.15, 0.2) is 6.10 Å². The van der Waals surface area contributed by atoms with Gasteiger partial charge in [-0.15, -0.1) is 23.5 Å². The molecule has 3 heterocycles. The Balaban J connectivity index is 1.41. The summed E-state index contributed by atoms with van der Waals surface area (Å²) >= 11 is 3.15. The van der Waals surface area contributed by atoms with Crippen LogP contribution in [0.3, 0.4) is 0 Å². The van der Waals surface area contributed by atoms with E-state index >= 15 is 0 Å². The number of β-lactam (4-membered cyclic amide) rings is 1. The average molecular weight is 516 g/mol. The monoisotopic (exact) mass is 515 g/mol. The highest BCUT2D eigenvalue weighted by molar-refractivity contribution is 8.02. The summed E-state index contributed by atoms with van der Waals surface area (Å²) in [4.78, 5) is 32.1. The largest absolute Gasteiger partial charge is 0.448 e. The van der Waals surface area contributed by atoms with Gasteiger partial charge in [0.2, 0.25) is 5.91 Å². The number of carbonyl (C=O) groups excluding carboxylic acids is 2. The Morgan fingerprint density at radius 2 is 1.81 bits per heavy atom. The van der Waals surface area contributed by atoms with Crippen molar-refractivity contribution in [3.05, 3.63) is 119 Å². The SMILES string of the molecule is N[C@@H]1C(=O)N2C(C(=O)OC(c3ccccc3)c3ccccc3)=C(CS/C=C\c3cccnc3)CS[C@H]12. The minimum atomic E-state index is -0.600. The molecule has 6 nitrogen and oxygen atoms in total. The predicted molar refractivity (Wildman–Crippen MR) is 145 cm³/mol. The maximum absolute atomic E-state index is 13.7. The van der Waals surface area contributed by atoms with Crippen LogP contribution in [0.15, 0.2) is 102 Å². The normalized spacial score (nSPS) is 19.4. The van der Waals surface area contributed by atoms with Crippen LogP contribution in [0.25, 0.3) is 6.08 Å². The van der Waals surface area contributed by atoms with E-state index in [2.05, 4.69) is 4.98 Å². The fourth-order valence-electron chi connectivity index (χ4n) is 4.18. The lowest BCUT2D eigenvalue weighted by molar-refractivity contribution is -0.153. The minimum absolute atomic E-state index is 0.244. The van der Waals surface area contributed by atoms with E-state index in [1.165, 1.54) is 4.90 Å². The molecule has 36 heavy (non-hydrogen) atoms. The minimum Gasteiger partial charge on any atom is -0.448 e. The van der Waals surface area contributed by atoms with E-state index < -0.39 is 18.1 Å². The third-order valence-electron chi connectivity index (χ3n) is 6.01. The van der Waals surface area contributed by atoms with Crippen molar-refractivity contribution in [2.45, 2.75) is 17.5 Å². The zero-order valence-corrected chi connectivity index (χ0v) is 21.0. The summed E-state index contributed by atoms with van der Waals surface area (Å²) in [6.07, 6.45) is 4.90. The van der Waals surface area contributed by atoms with Crippen molar-refractivity contribution in [2.24, 2.45) is 5.73 Å². The third kappa shape index (κ3) is 5.11. The lowest BCUT2D eigenvalue weighted by Gasteiger charge is -2.48. The lowest BCUT2D eigenvalue weighted by Crippen LogP contribution is -2.68. The number of rotatable bonds is 8. The van der Waals surface area contributed by atoms with Gasteiger partial charge in [0.1, 0.15) is 17.1 Å². The third-order valence-corrected chi connectivity index (χ3v) is 8.21. The molecule has 1 amide bonds. The van der Waals surface area contributed by atoms with Crippen LogP contribution in [0.4, 0.5) is 0 Å². The molecule has 0 saturated carbocycles. The highest BCUT2D eigenvalue weighted by atomic mass is 32.2. The van der Waals surface area contributed by atoms with Crippen molar-refractivity contribution in [1.29, 1.82) is 0 Å². The summed E-state index contributed by atoms with van der Waals surface area (Å²) in [6, 6.07) is 22.5. The van der Waals surface area contributed by atoms with E-state index in [4.69, 9.17) is 10.5 Å². The first-order valence-corrected chi connectivity index (χ1v) is 13.6. The second-order valence-corrected chi connectivity index (χ2v) is 10.4. The Kier molecular flexibility index (Phi) is 7.55. The molecule has 5 rings (SSSR count). The maximum Gasteiger partial charge on any atom is 0.356 e. The number of ether oxygens (including phenoxy) is 1. The summed E-state index contributed by atoms with van der Waals surface area (Å²) in [5.74, 6) is 0.414. The molecule has 2 aliphatic heterocycles. The van der Waals surface area contributed by atoms with Crippen LogP contribution in [-0.2, 0) is 14.3 Å². The van der Waals surface area contributed by atoms with Crippen LogP contribution in [0.5, 0.6) is 0 Å². The number of fused-ring (bicyclic) bond motifs is 1. The van der Waals surface area contributed by atoms with Crippen LogP contribution in [0, 0.1) is 0 Å². The number of esters is 1.